The van der Waals surface area contributed by atoms with E-state index in [1.165, 1.54) is 15.3 Å². The zero-order valence-corrected chi connectivity index (χ0v) is 12.2. The number of hydrogen-bond acceptors (Lipinski definition) is 4. The van der Waals surface area contributed by atoms with E-state index in [9.17, 15) is 14.7 Å². The van der Waals surface area contributed by atoms with Gasteiger partial charge >= 0.3 is 12.0 Å². The molecule has 2 heterocycles. The molecule has 0 bridgehead atoms. The van der Waals surface area contributed by atoms with Gasteiger partial charge in [0.2, 0.25) is 0 Å². The summed E-state index contributed by atoms with van der Waals surface area (Å²) in [4.78, 5) is 26.5. The lowest BCUT2D eigenvalue weighted by atomic mass is 10.2. The van der Waals surface area contributed by atoms with E-state index in [1.54, 1.807) is 11.3 Å². The fourth-order valence-electron chi connectivity index (χ4n) is 2.27. The molecule has 20 heavy (non-hydrogen) atoms. The largest absolute Gasteiger partial charge is 0.480 e. The fourth-order valence-corrected chi connectivity index (χ4v) is 3.27. The number of amides is 2. The van der Waals surface area contributed by atoms with Crippen molar-refractivity contribution in [1.82, 2.24) is 10.2 Å². The highest BCUT2D eigenvalue weighted by Gasteiger charge is 2.38. The summed E-state index contributed by atoms with van der Waals surface area (Å²) in [6, 6.07) is 0.614. The van der Waals surface area contributed by atoms with Gasteiger partial charge in [-0.05, 0) is 25.5 Å². The number of β-amino-alcohol motifs (C(OH)–C–C–N with tert-alkyl or cyclic N) is 1. The highest BCUT2D eigenvalue weighted by molar-refractivity contribution is 7.12. The smallest absolute Gasteiger partial charge is 0.326 e. The summed E-state index contributed by atoms with van der Waals surface area (Å²) in [7, 11) is 0. The predicted octanol–water partition coefficient (Wildman–Crippen LogP) is 1.09. The van der Waals surface area contributed by atoms with Gasteiger partial charge in [-0.15, -0.1) is 11.3 Å². The van der Waals surface area contributed by atoms with Gasteiger partial charge in [0.25, 0.3) is 0 Å². The summed E-state index contributed by atoms with van der Waals surface area (Å²) in [5.41, 5.74) is 1.18. The lowest BCUT2D eigenvalue weighted by Gasteiger charge is -2.21. The minimum atomic E-state index is -1.08. The van der Waals surface area contributed by atoms with E-state index in [0.717, 1.165) is 4.88 Å². The van der Waals surface area contributed by atoms with Gasteiger partial charge in [0.1, 0.15) is 6.04 Å². The first-order valence-electron chi connectivity index (χ1n) is 6.39. The second-order valence-electron chi connectivity index (χ2n) is 5.01. The fraction of sp³-hybridized carbons (Fsp3) is 0.538. The monoisotopic (exact) mass is 298 g/mol. The number of nitrogens with one attached hydrogen (secondary N) is 1. The Bertz CT molecular complexity index is 509. The number of aliphatic hydroxyl groups excluding tert-OH is 1. The normalized spacial score (nSPS) is 22.1. The maximum Gasteiger partial charge on any atom is 0.326 e. The number of carboxylic acids is 1. The minimum absolute atomic E-state index is 0.0608. The number of likely N-dealkylation sites (tertiary alicyclic amines) is 1. The molecule has 0 unspecified atom stereocenters. The van der Waals surface area contributed by atoms with Crippen LogP contribution in [0.5, 0.6) is 0 Å². The van der Waals surface area contributed by atoms with Gasteiger partial charge < -0.3 is 20.4 Å². The lowest BCUT2D eigenvalue weighted by Crippen LogP contribution is -2.45. The number of rotatable bonds is 3. The Morgan fingerprint density at radius 3 is 2.75 bits per heavy atom. The van der Waals surface area contributed by atoms with Gasteiger partial charge in [-0.2, -0.15) is 0 Å². The Balaban J connectivity index is 1.95. The van der Waals surface area contributed by atoms with Crippen molar-refractivity contribution in [2.24, 2.45) is 0 Å². The number of aryl methyl sites for hydroxylation is 2. The first kappa shape index (κ1) is 14.8. The molecule has 0 saturated carbocycles. The van der Waals surface area contributed by atoms with E-state index in [-0.39, 0.29) is 13.0 Å². The van der Waals surface area contributed by atoms with Crippen LogP contribution in [0.1, 0.15) is 21.7 Å². The Hall–Kier alpha value is -1.60. The van der Waals surface area contributed by atoms with Gasteiger partial charge in [0, 0.05) is 22.7 Å². The second-order valence-corrected chi connectivity index (χ2v) is 6.35. The number of urea groups is 1. The zero-order valence-electron chi connectivity index (χ0n) is 11.4. The van der Waals surface area contributed by atoms with Crippen LogP contribution in [-0.4, -0.2) is 45.8 Å². The summed E-state index contributed by atoms with van der Waals surface area (Å²) < 4.78 is 0. The van der Waals surface area contributed by atoms with Crippen LogP contribution in [0.2, 0.25) is 0 Å². The topological polar surface area (TPSA) is 89.9 Å². The third-order valence-corrected chi connectivity index (χ3v) is 4.61. The molecule has 2 rings (SSSR count). The van der Waals surface area contributed by atoms with Crippen molar-refractivity contribution >= 4 is 23.3 Å². The molecule has 1 fully saturated rings. The maximum absolute atomic E-state index is 12.0. The number of nitrogens with zero attached hydrogens (tertiary/aromatic N) is 1. The zero-order chi connectivity index (χ0) is 14.9. The standard InChI is InChI=1S/C13H18N2O4S/c1-7-3-10(20-8(7)2)5-14-13(19)15-6-9(16)4-11(15)12(17)18/h3,9,11,16H,4-6H2,1-2H3,(H,14,19)(H,17,18)/t9-,11-/m1/s1. The van der Waals surface area contributed by atoms with Crippen molar-refractivity contribution in [2.75, 3.05) is 6.54 Å². The van der Waals surface area contributed by atoms with Crippen LogP contribution in [-0.2, 0) is 11.3 Å². The molecule has 0 aliphatic carbocycles. The average Bonchev–Trinajstić information content (AvgIpc) is 2.91. The molecule has 0 aromatic carbocycles. The van der Waals surface area contributed by atoms with Crippen LogP contribution in [0.15, 0.2) is 6.07 Å². The molecule has 1 aromatic heterocycles. The number of thiophene rings is 1. The molecular formula is C13H18N2O4S. The van der Waals surface area contributed by atoms with Crippen LogP contribution < -0.4 is 5.32 Å². The highest BCUT2D eigenvalue weighted by atomic mass is 32.1. The SMILES string of the molecule is Cc1cc(CNC(=O)N2C[C@H](O)C[C@@H]2C(=O)O)sc1C. The van der Waals surface area contributed by atoms with Crippen LogP contribution >= 0.6 is 11.3 Å². The quantitative estimate of drug-likeness (QED) is 0.779. The Labute approximate surface area is 121 Å². The van der Waals surface area contributed by atoms with Gasteiger partial charge in [0.15, 0.2) is 0 Å². The Kier molecular flexibility index (Phi) is 4.29. The van der Waals surface area contributed by atoms with E-state index < -0.39 is 24.1 Å². The lowest BCUT2D eigenvalue weighted by molar-refractivity contribution is -0.141. The molecule has 3 N–H and O–H groups in total. The molecule has 6 nitrogen and oxygen atoms in total. The van der Waals surface area contributed by atoms with E-state index in [4.69, 9.17) is 5.11 Å². The highest BCUT2D eigenvalue weighted by Crippen LogP contribution is 2.21. The molecule has 0 spiro atoms. The van der Waals surface area contributed by atoms with Crippen molar-refractivity contribution in [3.63, 3.8) is 0 Å². The molecule has 1 aromatic rings. The van der Waals surface area contributed by atoms with Crippen LogP contribution in [0.25, 0.3) is 0 Å². The molecular weight excluding hydrogens is 280 g/mol. The summed E-state index contributed by atoms with van der Waals surface area (Å²) in [5, 5.41) is 21.3. The van der Waals surface area contributed by atoms with Gasteiger partial charge in [-0.1, -0.05) is 0 Å². The number of carboxylic acid groups (broad SMARTS) is 1. The first-order chi connectivity index (χ1) is 9.38. The predicted molar refractivity (Wildman–Crippen MR) is 74.8 cm³/mol. The second kappa shape index (κ2) is 5.80. The van der Waals surface area contributed by atoms with Crippen molar-refractivity contribution in [2.45, 2.75) is 39.0 Å². The summed E-state index contributed by atoms with van der Waals surface area (Å²) in [5.74, 6) is -1.08. The van der Waals surface area contributed by atoms with Crippen molar-refractivity contribution in [3.8, 4) is 0 Å². The van der Waals surface area contributed by atoms with E-state index in [2.05, 4.69) is 5.32 Å². The molecule has 0 radical (unpaired) electrons. The molecule has 2 atom stereocenters. The summed E-state index contributed by atoms with van der Waals surface area (Å²) >= 11 is 1.61. The molecule has 7 heteroatoms. The van der Waals surface area contributed by atoms with Crippen LogP contribution in [0.4, 0.5) is 4.79 Å². The van der Waals surface area contributed by atoms with Gasteiger partial charge in [0.05, 0.1) is 12.6 Å². The van der Waals surface area contributed by atoms with E-state index >= 15 is 0 Å². The number of aliphatic hydroxyl groups is 1. The molecule has 1 saturated heterocycles. The number of hydrogen-bond donors (Lipinski definition) is 3. The number of carbonyl (C=O) groups excluding carboxylic acids is 1. The maximum atomic E-state index is 12.0. The first-order valence-corrected chi connectivity index (χ1v) is 7.21. The molecule has 2 amide bonds. The Morgan fingerprint density at radius 2 is 2.20 bits per heavy atom. The minimum Gasteiger partial charge on any atom is -0.480 e. The van der Waals surface area contributed by atoms with Crippen LogP contribution in [0, 0.1) is 13.8 Å². The molecule has 1 aliphatic rings. The molecule has 110 valence electrons. The number of carbonyl (C=O) groups is 2. The van der Waals surface area contributed by atoms with Gasteiger partial charge in [-0.3, -0.25) is 0 Å². The Morgan fingerprint density at radius 1 is 1.50 bits per heavy atom. The van der Waals surface area contributed by atoms with Crippen molar-refractivity contribution in [1.29, 1.82) is 0 Å². The summed E-state index contributed by atoms with van der Waals surface area (Å²) in [6.07, 6.45) is -0.687. The third kappa shape index (κ3) is 3.10. The van der Waals surface area contributed by atoms with Crippen molar-refractivity contribution in [3.05, 3.63) is 21.4 Å². The van der Waals surface area contributed by atoms with Crippen molar-refractivity contribution < 1.29 is 19.8 Å². The van der Waals surface area contributed by atoms with E-state index in [0.29, 0.717) is 6.54 Å². The number of aliphatic carboxylic acids is 1. The molecule has 1 aliphatic heterocycles. The third-order valence-electron chi connectivity index (χ3n) is 3.46. The van der Waals surface area contributed by atoms with Gasteiger partial charge in [-0.25, -0.2) is 9.59 Å². The summed E-state index contributed by atoms with van der Waals surface area (Å²) in [6.45, 7) is 4.46. The van der Waals surface area contributed by atoms with Crippen LogP contribution in [0.3, 0.4) is 0 Å². The van der Waals surface area contributed by atoms with E-state index in [1.807, 2.05) is 19.9 Å². The average molecular weight is 298 g/mol.